The number of hydrogen-bond donors (Lipinski definition) is 1. The number of pyridine rings is 1. The predicted molar refractivity (Wildman–Crippen MR) is 105 cm³/mol. The molecule has 0 atom stereocenters. The number of halogens is 2. The molecular weight excluding hydrogens is 398 g/mol. The lowest BCUT2D eigenvalue weighted by Gasteiger charge is -2.08. The Morgan fingerprint density at radius 3 is 2.52 bits per heavy atom. The molecule has 1 aromatic carbocycles. The van der Waals surface area contributed by atoms with Crippen molar-refractivity contribution in [1.29, 1.82) is 0 Å². The van der Waals surface area contributed by atoms with Crippen LogP contribution in [-0.4, -0.2) is 29.6 Å². The van der Waals surface area contributed by atoms with Gasteiger partial charge in [-0.2, -0.15) is 9.19 Å². The summed E-state index contributed by atoms with van der Waals surface area (Å²) in [6.45, 7) is 0. The number of carboxylic acid groups (broad SMARTS) is 1. The van der Waals surface area contributed by atoms with E-state index in [9.17, 15) is 18.2 Å². The molecule has 0 amide bonds. The summed E-state index contributed by atoms with van der Waals surface area (Å²) in [5.41, 5.74) is 3.86. The SMILES string of the molecule is O=C(O)c1cnc2ccc(-c3c(-c4ccc(F)cc4)nn(SF)c3C3CC3)cn12. The molecule has 0 saturated heterocycles. The van der Waals surface area contributed by atoms with Crippen molar-refractivity contribution in [3.63, 3.8) is 0 Å². The first-order valence-electron chi connectivity index (χ1n) is 8.95. The maximum Gasteiger partial charge on any atom is 0.354 e. The number of carbonyl (C=O) groups is 1. The Labute approximate surface area is 168 Å². The number of fused-ring (bicyclic) bond motifs is 1. The summed E-state index contributed by atoms with van der Waals surface area (Å²) in [6, 6.07) is 9.40. The molecule has 3 aromatic heterocycles. The first-order valence-corrected chi connectivity index (χ1v) is 9.63. The zero-order valence-electron chi connectivity index (χ0n) is 14.9. The largest absolute Gasteiger partial charge is 0.477 e. The highest BCUT2D eigenvalue weighted by Crippen LogP contribution is 2.48. The van der Waals surface area contributed by atoms with Crippen LogP contribution in [0.25, 0.3) is 28.0 Å². The van der Waals surface area contributed by atoms with Gasteiger partial charge in [-0.05, 0) is 49.2 Å². The van der Waals surface area contributed by atoms with E-state index < -0.39 is 5.97 Å². The van der Waals surface area contributed by atoms with Crippen LogP contribution in [0, 0.1) is 5.82 Å². The Kier molecular flexibility index (Phi) is 4.13. The van der Waals surface area contributed by atoms with Crippen LogP contribution < -0.4 is 0 Å². The number of hydrogen-bond acceptors (Lipinski definition) is 4. The van der Waals surface area contributed by atoms with Crippen molar-refractivity contribution in [1.82, 2.24) is 18.6 Å². The first kappa shape index (κ1) is 17.9. The van der Waals surface area contributed by atoms with Crippen molar-refractivity contribution in [3.05, 3.63) is 66.0 Å². The van der Waals surface area contributed by atoms with E-state index in [1.54, 1.807) is 24.4 Å². The van der Waals surface area contributed by atoms with Crippen molar-refractivity contribution in [2.45, 2.75) is 18.8 Å². The number of carboxylic acids is 1. The van der Waals surface area contributed by atoms with Crippen molar-refractivity contribution in [2.75, 3.05) is 0 Å². The summed E-state index contributed by atoms with van der Waals surface area (Å²) in [5, 5.41) is 13.9. The molecule has 1 N–H and O–H groups in total. The first-order chi connectivity index (χ1) is 14.1. The van der Waals surface area contributed by atoms with Crippen molar-refractivity contribution in [3.8, 4) is 22.4 Å². The van der Waals surface area contributed by atoms with Crippen LogP contribution >= 0.6 is 12.3 Å². The van der Waals surface area contributed by atoms with E-state index in [0.29, 0.717) is 22.5 Å². The van der Waals surface area contributed by atoms with Gasteiger partial charge >= 0.3 is 5.97 Å². The Morgan fingerprint density at radius 1 is 1.14 bits per heavy atom. The van der Waals surface area contributed by atoms with Crippen LogP contribution in [0.5, 0.6) is 0 Å². The van der Waals surface area contributed by atoms with Crippen LogP contribution in [0.4, 0.5) is 8.28 Å². The van der Waals surface area contributed by atoms with Crippen LogP contribution in [0.2, 0.25) is 0 Å². The van der Waals surface area contributed by atoms with Crippen LogP contribution in [-0.2, 0) is 0 Å². The Bertz CT molecular complexity index is 1250. The van der Waals surface area contributed by atoms with Gasteiger partial charge in [-0.3, -0.25) is 4.40 Å². The number of imidazole rings is 1. The highest BCUT2D eigenvalue weighted by Gasteiger charge is 2.34. The molecule has 1 aliphatic carbocycles. The van der Waals surface area contributed by atoms with Crippen molar-refractivity contribution in [2.24, 2.45) is 0 Å². The molecule has 1 saturated carbocycles. The molecular formula is C20H14F2N4O2S. The summed E-state index contributed by atoms with van der Waals surface area (Å²) < 4.78 is 29.9. The topological polar surface area (TPSA) is 72.4 Å². The molecule has 9 heteroatoms. The maximum absolute atomic E-state index is 13.7. The molecule has 1 aliphatic rings. The average Bonchev–Trinajstić information content (AvgIpc) is 3.34. The van der Waals surface area contributed by atoms with E-state index >= 15 is 0 Å². The van der Waals surface area contributed by atoms with Gasteiger partial charge in [0.05, 0.1) is 11.9 Å². The number of nitrogens with zero attached hydrogens (tertiary/aromatic N) is 4. The van der Waals surface area contributed by atoms with Gasteiger partial charge in [0.15, 0.2) is 18.0 Å². The van der Waals surface area contributed by atoms with Gasteiger partial charge < -0.3 is 5.11 Å². The molecule has 3 heterocycles. The lowest BCUT2D eigenvalue weighted by atomic mass is 9.98. The van der Waals surface area contributed by atoms with Gasteiger partial charge in [-0.25, -0.2) is 14.2 Å². The Hall–Kier alpha value is -3.20. The molecule has 1 fully saturated rings. The third-order valence-electron chi connectivity index (χ3n) is 5.05. The van der Waals surface area contributed by atoms with Gasteiger partial charge in [0.2, 0.25) is 0 Å². The molecule has 29 heavy (non-hydrogen) atoms. The van der Waals surface area contributed by atoms with Crippen molar-refractivity contribution < 1.29 is 18.2 Å². The fourth-order valence-electron chi connectivity index (χ4n) is 3.56. The monoisotopic (exact) mass is 412 g/mol. The average molecular weight is 412 g/mol. The summed E-state index contributed by atoms with van der Waals surface area (Å²) in [4.78, 5) is 15.6. The van der Waals surface area contributed by atoms with Crippen LogP contribution in [0.15, 0.2) is 48.8 Å². The molecule has 4 aromatic rings. The quantitative estimate of drug-likeness (QED) is 0.502. The third-order valence-corrected chi connectivity index (χ3v) is 5.46. The van der Waals surface area contributed by atoms with Crippen LogP contribution in [0.3, 0.4) is 0 Å². The molecule has 6 nitrogen and oxygen atoms in total. The Balaban J connectivity index is 1.78. The molecule has 0 spiro atoms. The smallest absolute Gasteiger partial charge is 0.354 e. The third kappa shape index (κ3) is 2.98. The van der Waals surface area contributed by atoms with Gasteiger partial charge in [-0.15, -0.1) is 3.89 Å². The number of aromatic carboxylic acids is 1. The summed E-state index contributed by atoms with van der Waals surface area (Å²) in [5.74, 6) is -1.29. The van der Waals surface area contributed by atoms with E-state index in [1.165, 1.54) is 26.8 Å². The molecule has 0 bridgehead atoms. The lowest BCUT2D eigenvalue weighted by Crippen LogP contribution is -2.02. The van der Waals surface area contributed by atoms with E-state index in [2.05, 4.69) is 10.1 Å². The molecule has 0 unspecified atom stereocenters. The van der Waals surface area contributed by atoms with E-state index in [0.717, 1.165) is 24.1 Å². The summed E-state index contributed by atoms with van der Waals surface area (Å²) >= 11 is 0.0228. The number of benzene rings is 1. The maximum atomic E-state index is 13.7. The lowest BCUT2D eigenvalue weighted by molar-refractivity contribution is 0.0689. The number of aromatic nitrogens is 4. The normalized spacial score (nSPS) is 13.9. The fraction of sp³-hybridized carbons (Fsp3) is 0.150. The van der Waals surface area contributed by atoms with Gasteiger partial charge in [0.1, 0.15) is 17.2 Å². The minimum Gasteiger partial charge on any atom is -0.477 e. The van der Waals surface area contributed by atoms with Gasteiger partial charge in [0.25, 0.3) is 0 Å². The zero-order chi connectivity index (χ0) is 20.1. The molecule has 0 aliphatic heterocycles. The van der Waals surface area contributed by atoms with Gasteiger partial charge in [-0.1, -0.05) is 0 Å². The second-order valence-electron chi connectivity index (χ2n) is 6.93. The number of rotatable bonds is 5. The van der Waals surface area contributed by atoms with E-state index in [-0.39, 0.29) is 29.8 Å². The second-order valence-corrected chi connectivity index (χ2v) is 7.41. The second kappa shape index (κ2) is 6.70. The van der Waals surface area contributed by atoms with Crippen LogP contribution in [0.1, 0.15) is 34.9 Å². The molecule has 5 rings (SSSR count). The molecule has 0 radical (unpaired) electrons. The summed E-state index contributed by atoms with van der Waals surface area (Å²) in [7, 11) is 0. The minimum atomic E-state index is -1.09. The summed E-state index contributed by atoms with van der Waals surface area (Å²) in [6.07, 6.45) is 4.82. The van der Waals surface area contributed by atoms with Crippen molar-refractivity contribution >= 4 is 24.0 Å². The minimum absolute atomic E-state index is 0.0228. The zero-order valence-corrected chi connectivity index (χ0v) is 15.7. The highest BCUT2D eigenvalue weighted by molar-refractivity contribution is 7.92. The highest BCUT2D eigenvalue weighted by atomic mass is 32.2. The standard InChI is InChI=1S/C20H14F2N4O2S/c21-14-6-3-11(4-7-14)18-17(19(12-1-2-12)26(24-18)29-22)13-5-8-16-23-9-15(20(27)28)25(16)10-13/h3-10,12H,1-2H2,(H,27,28). The van der Waals surface area contributed by atoms with Gasteiger partial charge in [0, 0.05) is 28.8 Å². The van der Waals surface area contributed by atoms with E-state index in [1.807, 2.05) is 6.07 Å². The fourth-order valence-corrected chi connectivity index (χ4v) is 3.99. The van der Waals surface area contributed by atoms with E-state index in [4.69, 9.17) is 0 Å². The predicted octanol–water partition coefficient (Wildman–Crippen LogP) is 4.96. The molecule has 146 valence electrons. The Morgan fingerprint density at radius 2 is 1.86 bits per heavy atom.